The van der Waals surface area contributed by atoms with Crippen LogP contribution < -0.4 is 15.4 Å². The average Bonchev–Trinajstić information content (AvgIpc) is 2.57. The summed E-state index contributed by atoms with van der Waals surface area (Å²) in [6.07, 6.45) is -0.348. The quantitative estimate of drug-likeness (QED) is 0.719. The fourth-order valence-corrected chi connectivity index (χ4v) is 2.29. The third-order valence-corrected chi connectivity index (χ3v) is 3.55. The Hall–Kier alpha value is -2.73. The van der Waals surface area contributed by atoms with Crippen LogP contribution in [0.4, 0.5) is 16.2 Å². The number of halogens is 1. The molecule has 0 aromatic heterocycles. The van der Waals surface area contributed by atoms with Crippen molar-refractivity contribution >= 4 is 35.0 Å². The summed E-state index contributed by atoms with van der Waals surface area (Å²) in [5.41, 5.74) is 0.626. The molecule has 0 aliphatic heterocycles. The highest BCUT2D eigenvalue weighted by Crippen LogP contribution is 2.23. The van der Waals surface area contributed by atoms with Crippen LogP contribution in [0.15, 0.2) is 48.5 Å². The van der Waals surface area contributed by atoms with Gasteiger partial charge in [0.15, 0.2) is 0 Å². The van der Waals surface area contributed by atoms with Crippen molar-refractivity contribution < 1.29 is 19.1 Å². The number of nitrogens with one attached hydrogen (secondary N) is 2. The predicted molar refractivity (Wildman–Crippen MR) is 106 cm³/mol. The van der Waals surface area contributed by atoms with Crippen LogP contribution in [-0.4, -0.2) is 24.2 Å². The second-order valence-electron chi connectivity index (χ2n) is 6.78. The van der Waals surface area contributed by atoms with Crippen molar-refractivity contribution in [1.29, 1.82) is 0 Å². The zero-order valence-corrected chi connectivity index (χ0v) is 16.3. The van der Waals surface area contributed by atoms with E-state index in [9.17, 15) is 9.59 Å². The van der Waals surface area contributed by atoms with E-state index in [1.807, 2.05) is 12.1 Å². The molecule has 2 N–H and O–H groups in total. The number of carbonyl (C=O) groups is 2. The molecule has 0 aliphatic rings. The molecule has 144 valence electrons. The number of amides is 2. The molecular weight excluding hydrogens is 368 g/mol. The van der Waals surface area contributed by atoms with Crippen molar-refractivity contribution in [3.63, 3.8) is 0 Å². The van der Waals surface area contributed by atoms with Crippen LogP contribution in [0.5, 0.6) is 5.75 Å². The van der Waals surface area contributed by atoms with E-state index in [1.165, 1.54) is 0 Å². The molecule has 0 saturated carbocycles. The Labute approximate surface area is 163 Å². The molecule has 0 spiro atoms. The summed E-state index contributed by atoms with van der Waals surface area (Å²) in [4.78, 5) is 23.7. The van der Waals surface area contributed by atoms with Gasteiger partial charge in [0.1, 0.15) is 11.4 Å². The Balaban J connectivity index is 1.77. The van der Waals surface area contributed by atoms with E-state index in [0.717, 1.165) is 0 Å². The molecule has 27 heavy (non-hydrogen) atoms. The van der Waals surface area contributed by atoms with Gasteiger partial charge in [-0.2, -0.15) is 0 Å². The van der Waals surface area contributed by atoms with E-state index in [-0.39, 0.29) is 18.9 Å². The number of hydrogen-bond acceptors (Lipinski definition) is 4. The van der Waals surface area contributed by atoms with E-state index < -0.39 is 11.7 Å². The summed E-state index contributed by atoms with van der Waals surface area (Å²) in [6, 6.07) is 13.8. The maximum atomic E-state index is 12.0. The first-order valence-corrected chi connectivity index (χ1v) is 8.88. The molecular formula is C20H23ClN2O4. The SMILES string of the molecule is CC(C)(C)OC(=O)Nc1ccc(NC(=O)CCOc2ccccc2Cl)cc1. The number of anilines is 2. The van der Waals surface area contributed by atoms with Gasteiger partial charge >= 0.3 is 6.09 Å². The Morgan fingerprint density at radius 1 is 0.963 bits per heavy atom. The molecule has 0 atom stereocenters. The van der Waals surface area contributed by atoms with E-state index in [2.05, 4.69) is 10.6 Å². The molecule has 0 unspecified atom stereocenters. The second-order valence-corrected chi connectivity index (χ2v) is 7.19. The standard InChI is InChI=1S/C20H23ClN2O4/c1-20(2,3)27-19(25)23-15-10-8-14(9-11-15)22-18(24)12-13-26-17-7-5-4-6-16(17)21/h4-11H,12-13H2,1-3H3,(H,22,24)(H,23,25). The van der Waals surface area contributed by atoms with Crippen LogP contribution >= 0.6 is 11.6 Å². The minimum atomic E-state index is -0.565. The molecule has 7 heteroatoms. The molecule has 6 nitrogen and oxygen atoms in total. The van der Waals surface area contributed by atoms with Crippen molar-refractivity contribution in [1.82, 2.24) is 0 Å². The summed E-state index contributed by atoms with van der Waals surface area (Å²) in [5, 5.41) is 5.90. The number of ether oxygens (including phenoxy) is 2. The number of rotatable bonds is 6. The highest BCUT2D eigenvalue weighted by atomic mass is 35.5. The van der Waals surface area contributed by atoms with E-state index >= 15 is 0 Å². The normalized spacial score (nSPS) is 10.8. The van der Waals surface area contributed by atoms with Gasteiger partial charge in [-0.3, -0.25) is 10.1 Å². The Morgan fingerprint density at radius 3 is 2.15 bits per heavy atom. The molecule has 0 aliphatic carbocycles. The summed E-state index contributed by atoms with van der Waals surface area (Å²) in [5.74, 6) is 0.361. The average molecular weight is 391 g/mol. The molecule has 0 radical (unpaired) electrons. The second kappa shape index (κ2) is 9.28. The molecule has 2 rings (SSSR count). The molecule has 2 aromatic rings. The van der Waals surface area contributed by atoms with Gasteiger partial charge in [0, 0.05) is 11.4 Å². The Bertz CT molecular complexity index is 785. The molecule has 0 bridgehead atoms. The fourth-order valence-electron chi connectivity index (χ4n) is 2.10. The van der Waals surface area contributed by atoms with Gasteiger partial charge in [0.05, 0.1) is 18.1 Å². The number of benzene rings is 2. The lowest BCUT2D eigenvalue weighted by Crippen LogP contribution is -2.27. The fraction of sp³-hybridized carbons (Fsp3) is 0.300. The topological polar surface area (TPSA) is 76.7 Å². The largest absolute Gasteiger partial charge is 0.491 e. The monoisotopic (exact) mass is 390 g/mol. The van der Waals surface area contributed by atoms with E-state index in [0.29, 0.717) is 22.1 Å². The van der Waals surface area contributed by atoms with E-state index in [4.69, 9.17) is 21.1 Å². The van der Waals surface area contributed by atoms with Gasteiger partial charge in [-0.25, -0.2) is 4.79 Å². The van der Waals surface area contributed by atoms with Crippen molar-refractivity contribution in [2.24, 2.45) is 0 Å². The maximum Gasteiger partial charge on any atom is 0.412 e. The summed E-state index contributed by atoms with van der Waals surface area (Å²) < 4.78 is 10.7. The predicted octanol–water partition coefficient (Wildman–Crippen LogP) is 5.09. The van der Waals surface area contributed by atoms with Crippen molar-refractivity contribution in [2.75, 3.05) is 17.2 Å². The number of carbonyl (C=O) groups excluding carboxylic acids is 2. The first-order valence-electron chi connectivity index (χ1n) is 8.50. The molecule has 0 fully saturated rings. The first kappa shape index (κ1) is 20.6. The highest BCUT2D eigenvalue weighted by Gasteiger charge is 2.16. The highest BCUT2D eigenvalue weighted by molar-refractivity contribution is 6.32. The Morgan fingerprint density at radius 2 is 1.56 bits per heavy atom. The van der Waals surface area contributed by atoms with Gasteiger partial charge < -0.3 is 14.8 Å². The van der Waals surface area contributed by atoms with Gasteiger partial charge in [-0.1, -0.05) is 23.7 Å². The molecule has 2 aromatic carbocycles. The van der Waals surface area contributed by atoms with Crippen molar-refractivity contribution in [3.05, 3.63) is 53.6 Å². The lowest BCUT2D eigenvalue weighted by atomic mass is 10.2. The van der Waals surface area contributed by atoms with Crippen LogP contribution in [0.3, 0.4) is 0 Å². The lowest BCUT2D eigenvalue weighted by Gasteiger charge is -2.19. The van der Waals surface area contributed by atoms with E-state index in [1.54, 1.807) is 57.2 Å². The van der Waals surface area contributed by atoms with Crippen molar-refractivity contribution in [2.45, 2.75) is 32.8 Å². The molecule has 0 saturated heterocycles. The van der Waals surface area contributed by atoms with Crippen LogP contribution in [0.25, 0.3) is 0 Å². The Kier molecular flexibility index (Phi) is 7.07. The summed E-state index contributed by atoms with van der Waals surface area (Å²) in [7, 11) is 0. The minimum absolute atomic E-state index is 0.184. The number of para-hydroxylation sites is 1. The van der Waals surface area contributed by atoms with Gasteiger partial charge in [0.2, 0.25) is 5.91 Å². The van der Waals surface area contributed by atoms with Crippen LogP contribution in [0, 0.1) is 0 Å². The third-order valence-electron chi connectivity index (χ3n) is 3.24. The smallest absolute Gasteiger partial charge is 0.412 e. The summed E-state index contributed by atoms with van der Waals surface area (Å²) in [6.45, 7) is 5.59. The van der Waals surface area contributed by atoms with Gasteiger partial charge in [0.25, 0.3) is 0 Å². The lowest BCUT2D eigenvalue weighted by molar-refractivity contribution is -0.116. The molecule has 0 heterocycles. The number of hydrogen-bond donors (Lipinski definition) is 2. The molecule has 2 amide bonds. The van der Waals surface area contributed by atoms with Crippen LogP contribution in [0.1, 0.15) is 27.2 Å². The first-order chi connectivity index (χ1) is 12.7. The zero-order valence-electron chi connectivity index (χ0n) is 15.5. The minimum Gasteiger partial charge on any atom is -0.491 e. The van der Waals surface area contributed by atoms with Crippen LogP contribution in [-0.2, 0) is 9.53 Å². The maximum absolute atomic E-state index is 12.0. The van der Waals surface area contributed by atoms with Crippen LogP contribution in [0.2, 0.25) is 5.02 Å². The summed E-state index contributed by atoms with van der Waals surface area (Å²) >= 11 is 5.99. The van der Waals surface area contributed by atoms with Crippen molar-refractivity contribution in [3.8, 4) is 5.75 Å². The van der Waals surface area contributed by atoms with Gasteiger partial charge in [-0.15, -0.1) is 0 Å². The van der Waals surface area contributed by atoms with Gasteiger partial charge in [-0.05, 0) is 57.2 Å². The third kappa shape index (κ3) is 7.58. The zero-order chi connectivity index (χ0) is 19.9.